The van der Waals surface area contributed by atoms with Gasteiger partial charge >= 0.3 is 5.97 Å². The predicted octanol–water partition coefficient (Wildman–Crippen LogP) is 1.68. The van der Waals surface area contributed by atoms with E-state index in [9.17, 15) is 19.7 Å². The van der Waals surface area contributed by atoms with Gasteiger partial charge in [0.05, 0.1) is 23.9 Å². The lowest BCUT2D eigenvalue weighted by molar-refractivity contribution is -0.385. The van der Waals surface area contributed by atoms with E-state index < -0.39 is 16.8 Å². The van der Waals surface area contributed by atoms with E-state index in [1.807, 2.05) is 0 Å². The van der Waals surface area contributed by atoms with Crippen LogP contribution in [0.4, 0.5) is 11.4 Å². The number of methoxy groups -OCH3 is 1. The number of amides is 1. The Kier molecular flexibility index (Phi) is 4.39. The minimum absolute atomic E-state index is 0.0717. The summed E-state index contributed by atoms with van der Waals surface area (Å²) < 4.78 is 5.89. The highest BCUT2D eigenvalue weighted by molar-refractivity contribution is 6.07. The summed E-state index contributed by atoms with van der Waals surface area (Å²) >= 11 is 0. The van der Waals surface area contributed by atoms with Gasteiger partial charge in [0.25, 0.3) is 11.6 Å². The number of nitrogens with zero attached hydrogens (tertiary/aromatic N) is 3. The van der Waals surface area contributed by atoms with Crippen LogP contribution in [0.5, 0.6) is 0 Å². The summed E-state index contributed by atoms with van der Waals surface area (Å²) in [6.45, 7) is 1.58. The number of esters is 1. The van der Waals surface area contributed by atoms with Gasteiger partial charge in [-0.15, -0.1) is 0 Å². The topological polar surface area (TPSA) is 116 Å². The number of anilines is 1. The molecule has 0 aliphatic heterocycles. The van der Waals surface area contributed by atoms with Crippen LogP contribution in [-0.4, -0.2) is 33.7 Å². The fourth-order valence-corrected chi connectivity index (χ4v) is 2.01. The third kappa shape index (κ3) is 3.18. The molecule has 1 amide bonds. The predicted molar refractivity (Wildman–Crippen MR) is 80.3 cm³/mol. The van der Waals surface area contributed by atoms with E-state index in [-0.39, 0.29) is 22.6 Å². The molecule has 0 aliphatic carbocycles. The smallest absolute Gasteiger partial charge is 0.358 e. The Hall–Kier alpha value is -3.23. The number of nitro benzene ring substituents is 1. The number of carbonyl (C=O) groups is 2. The molecule has 2 aromatic rings. The van der Waals surface area contributed by atoms with Gasteiger partial charge in [-0.05, 0) is 13.0 Å². The number of nitro groups is 1. The van der Waals surface area contributed by atoms with E-state index >= 15 is 0 Å². The van der Waals surface area contributed by atoms with Crippen LogP contribution in [0, 0.1) is 17.0 Å². The van der Waals surface area contributed by atoms with E-state index in [1.54, 1.807) is 6.92 Å². The fraction of sp³-hybridized carbons (Fsp3) is 0.214. The van der Waals surface area contributed by atoms with Crippen molar-refractivity contribution in [1.29, 1.82) is 0 Å². The Labute approximate surface area is 131 Å². The largest absolute Gasteiger partial charge is 0.464 e. The molecule has 0 unspecified atom stereocenters. The SMILES string of the molecule is COC(=O)c1c(NC(=O)c2ccc(C)c([N+](=O)[O-])c2)cnn1C. The van der Waals surface area contributed by atoms with Crippen LogP contribution in [0.15, 0.2) is 24.4 Å². The maximum absolute atomic E-state index is 12.2. The number of nitrogens with one attached hydrogen (secondary N) is 1. The number of hydrogen-bond acceptors (Lipinski definition) is 6. The summed E-state index contributed by atoms with van der Waals surface area (Å²) in [5.74, 6) is -1.25. The van der Waals surface area contributed by atoms with Crippen LogP contribution in [0.25, 0.3) is 0 Å². The van der Waals surface area contributed by atoms with E-state index in [0.29, 0.717) is 5.56 Å². The third-order valence-corrected chi connectivity index (χ3v) is 3.23. The van der Waals surface area contributed by atoms with Crippen LogP contribution in [0.1, 0.15) is 26.4 Å². The average molecular weight is 318 g/mol. The first kappa shape index (κ1) is 16.1. The number of benzene rings is 1. The highest BCUT2D eigenvalue weighted by atomic mass is 16.6. The summed E-state index contributed by atoms with van der Waals surface area (Å²) in [6, 6.07) is 4.13. The molecule has 1 N–H and O–H groups in total. The number of ether oxygens (including phenoxy) is 1. The molecule has 0 bridgehead atoms. The van der Waals surface area contributed by atoms with E-state index in [0.717, 1.165) is 0 Å². The molecule has 23 heavy (non-hydrogen) atoms. The molecule has 1 aromatic carbocycles. The molecule has 0 radical (unpaired) electrons. The van der Waals surface area contributed by atoms with Crippen molar-refractivity contribution in [3.05, 3.63) is 51.3 Å². The maximum Gasteiger partial charge on any atom is 0.358 e. The zero-order chi connectivity index (χ0) is 17.1. The van der Waals surface area contributed by atoms with Crippen LogP contribution < -0.4 is 5.32 Å². The van der Waals surface area contributed by atoms with Crippen molar-refractivity contribution in [2.45, 2.75) is 6.92 Å². The van der Waals surface area contributed by atoms with Gasteiger partial charge in [-0.3, -0.25) is 19.6 Å². The Bertz CT molecular complexity index is 796. The lowest BCUT2D eigenvalue weighted by atomic mass is 10.1. The Balaban J connectivity index is 2.32. The molecular weight excluding hydrogens is 304 g/mol. The Morgan fingerprint density at radius 1 is 1.39 bits per heavy atom. The number of carbonyl (C=O) groups excluding carboxylic acids is 2. The number of rotatable bonds is 4. The van der Waals surface area contributed by atoms with E-state index in [1.165, 1.54) is 43.2 Å². The van der Waals surface area contributed by atoms with E-state index in [4.69, 9.17) is 0 Å². The van der Waals surface area contributed by atoms with Gasteiger partial charge in [0.2, 0.25) is 0 Å². The van der Waals surface area contributed by atoms with Crippen LogP contribution >= 0.6 is 0 Å². The maximum atomic E-state index is 12.2. The number of aromatic nitrogens is 2. The second-order valence-electron chi connectivity index (χ2n) is 4.73. The summed E-state index contributed by atoms with van der Waals surface area (Å²) in [5.41, 5.74) is 0.622. The van der Waals surface area contributed by atoms with Crippen molar-refractivity contribution < 1.29 is 19.2 Å². The van der Waals surface area contributed by atoms with Gasteiger partial charge < -0.3 is 10.1 Å². The minimum Gasteiger partial charge on any atom is -0.464 e. The fourth-order valence-electron chi connectivity index (χ4n) is 2.01. The molecule has 1 heterocycles. The zero-order valence-corrected chi connectivity index (χ0v) is 12.7. The molecular formula is C14H14N4O5. The van der Waals surface area contributed by atoms with Crippen molar-refractivity contribution in [1.82, 2.24) is 9.78 Å². The van der Waals surface area contributed by atoms with Crippen molar-refractivity contribution in [3.8, 4) is 0 Å². The number of aryl methyl sites for hydroxylation is 2. The molecule has 0 spiro atoms. The van der Waals surface area contributed by atoms with E-state index in [2.05, 4.69) is 15.2 Å². The quantitative estimate of drug-likeness (QED) is 0.521. The highest BCUT2D eigenvalue weighted by Crippen LogP contribution is 2.21. The molecule has 9 nitrogen and oxygen atoms in total. The normalized spacial score (nSPS) is 10.2. The monoisotopic (exact) mass is 318 g/mol. The van der Waals surface area contributed by atoms with Gasteiger partial charge in [0.1, 0.15) is 0 Å². The van der Waals surface area contributed by atoms with Crippen LogP contribution in [0.3, 0.4) is 0 Å². The van der Waals surface area contributed by atoms with Gasteiger partial charge in [-0.2, -0.15) is 5.10 Å². The molecule has 0 saturated carbocycles. The van der Waals surface area contributed by atoms with Crippen LogP contribution in [-0.2, 0) is 11.8 Å². The summed E-state index contributed by atoms with van der Waals surface area (Å²) in [5, 5.41) is 17.3. The molecule has 9 heteroatoms. The average Bonchev–Trinajstić information content (AvgIpc) is 2.87. The zero-order valence-electron chi connectivity index (χ0n) is 12.7. The van der Waals surface area contributed by atoms with Gasteiger partial charge in [-0.1, -0.05) is 6.07 Å². The summed E-state index contributed by atoms with van der Waals surface area (Å²) in [7, 11) is 2.74. The lowest BCUT2D eigenvalue weighted by Gasteiger charge is -2.07. The van der Waals surface area contributed by atoms with Crippen molar-refractivity contribution in [2.24, 2.45) is 7.05 Å². The highest BCUT2D eigenvalue weighted by Gasteiger charge is 2.21. The molecule has 0 atom stereocenters. The molecule has 0 saturated heterocycles. The second-order valence-corrected chi connectivity index (χ2v) is 4.73. The Morgan fingerprint density at radius 2 is 2.09 bits per heavy atom. The summed E-state index contributed by atoms with van der Waals surface area (Å²) in [6.07, 6.45) is 1.30. The number of hydrogen-bond donors (Lipinski definition) is 1. The van der Waals surface area contributed by atoms with Crippen molar-refractivity contribution in [3.63, 3.8) is 0 Å². The first-order chi connectivity index (χ1) is 10.8. The van der Waals surface area contributed by atoms with Crippen LogP contribution in [0.2, 0.25) is 0 Å². The standard InChI is InChI=1S/C14H14N4O5/c1-8-4-5-9(6-11(8)18(21)22)13(19)16-10-7-15-17(2)12(10)14(20)23-3/h4-7H,1-3H3,(H,16,19). The summed E-state index contributed by atoms with van der Waals surface area (Å²) in [4.78, 5) is 34.3. The second kappa shape index (κ2) is 6.26. The van der Waals surface area contributed by atoms with Gasteiger partial charge in [0.15, 0.2) is 5.69 Å². The molecule has 120 valence electrons. The molecule has 1 aromatic heterocycles. The minimum atomic E-state index is -0.657. The van der Waals surface area contributed by atoms with Gasteiger partial charge in [-0.25, -0.2) is 4.79 Å². The lowest BCUT2D eigenvalue weighted by Crippen LogP contribution is -2.16. The van der Waals surface area contributed by atoms with Crippen molar-refractivity contribution in [2.75, 3.05) is 12.4 Å². The first-order valence-corrected chi connectivity index (χ1v) is 6.52. The Morgan fingerprint density at radius 3 is 2.70 bits per heavy atom. The van der Waals surface area contributed by atoms with Crippen molar-refractivity contribution >= 4 is 23.3 Å². The molecule has 2 rings (SSSR count). The third-order valence-electron chi connectivity index (χ3n) is 3.23. The van der Waals surface area contributed by atoms with Gasteiger partial charge in [0, 0.05) is 24.2 Å². The first-order valence-electron chi connectivity index (χ1n) is 6.52. The molecule has 0 fully saturated rings. The molecule has 0 aliphatic rings.